The fourth-order valence-electron chi connectivity index (χ4n) is 3.06. The van der Waals surface area contributed by atoms with Crippen molar-refractivity contribution in [2.75, 3.05) is 25.0 Å². The molecule has 0 atom stereocenters. The third kappa shape index (κ3) is 4.15. The van der Waals surface area contributed by atoms with Gasteiger partial charge in [-0.3, -0.25) is 4.72 Å². The van der Waals surface area contributed by atoms with Gasteiger partial charge in [0, 0.05) is 5.56 Å². The predicted molar refractivity (Wildman–Crippen MR) is 109 cm³/mol. The Morgan fingerprint density at radius 3 is 2.68 bits per heavy atom. The number of carbonyl (C=O) groups excluding carboxylic acids is 1. The molecule has 0 fully saturated rings. The van der Waals surface area contributed by atoms with E-state index in [1.807, 2.05) is 0 Å². The number of rotatable bonds is 1. The average molecular weight is 444 g/mol. The van der Waals surface area contributed by atoms with Crippen molar-refractivity contribution >= 4 is 21.7 Å². The molecular formula is C21H17FN2O6S. The first-order chi connectivity index (χ1) is 14.9. The molecule has 31 heavy (non-hydrogen) atoms. The van der Waals surface area contributed by atoms with Crippen molar-refractivity contribution in [3.8, 4) is 22.6 Å². The highest BCUT2D eigenvalue weighted by molar-refractivity contribution is 7.92. The van der Waals surface area contributed by atoms with E-state index < -0.39 is 21.8 Å². The number of benzene rings is 2. The minimum Gasteiger partial charge on any atom is -0.494 e. The van der Waals surface area contributed by atoms with Gasteiger partial charge >= 0.3 is 5.97 Å². The molecule has 2 aromatic carbocycles. The van der Waals surface area contributed by atoms with E-state index in [1.54, 1.807) is 24.3 Å². The first-order valence-corrected chi connectivity index (χ1v) is 10.6. The molecule has 0 saturated carbocycles. The van der Waals surface area contributed by atoms with Gasteiger partial charge in [0.05, 0.1) is 19.0 Å². The third-order valence-electron chi connectivity index (χ3n) is 4.53. The van der Waals surface area contributed by atoms with E-state index in [4.69, 9.17) is 14.2 Å². The van der Waals surface area contributed by atoms with Crippen molar-refractivity contribution < 1.29 is 31.8 Å². The number of halogens is 1. The maximum atomic E-state index is 14.5. The normalized spacial score (nSPS) is 15.2. The second-order valence-electron chi connectivity index (χ2n) is 6.50. The maximum absolute atomic E-state index is 14.5. The first-order valence-electron chi connectivity index (χ1n) is 9.15. The Morgan fingerprint density at radius 2 is 1.87 bits per heavy atom. The molecule has 1 N–H and O–H groups in total. The molecule has 10 heteroatoms. The van der Waals surface area contributed by atoms with E-state index in [0.29, 0.717) is 16.9 Å². The van der Waals surface area contributed by atoms with E-state index in [2.05, 4.69) is 9.71 Å². The number of pyridine rings is 1. The van der Waals surface area contributed by atoms with Crippen molar-refractivity contribution in [3.63, 3.8) is 0 Å². The zero-order chi connectivity index (χ0) is 22.0. The van der Waals surface area contributed by atoms with Gasteiger partial charge in [0.25, 0.3) is 10.0 Å². The first kappa shape index (κ1) is 20.6. The smallest absolute Gasteiger partial charge is 0.357 e. The van der Waals surface area contributed by atoms with E-state index in [1.165, 1.54) is 19.2 Å². The molecule has 3 aromatic rings. The Hall–Kier alpha value is -3.66. The predicted octanol–water partition coefficient (Wildman–Crippen LogP) is 3.25. The second kappa shape index (κ2) is 8.23. The van der Waals surface area contributed by atoms with Crippen LogP contribution in [-0.4, -0.2) is 39.7 Å². The number of anilines is 1. The molecule has 8 nitrogen and oxygen atoms in total. The quantitative estimate of drug-likeness (QED) is 0.575. The van der Waals surface area contributed by atoms with E-state index >= 15 is 0 Å². The molecule has 0 unspecified atom stereocenters. The fourth-order valence-corrected chi connectivity index (χ4v) is 4.28. The highest BCUT2D eigenvalue weighted by atomic mass is 32.2. The van der Waals surface area contributed by atoms with E-state index in [-0.39, 0.29) is 35.2 Å². The molecule has 0 radical (unpaired) electrons. The molecule has 0 saturated heterocycles. The van der Waals surface area contributed by atoms with Crippen LogP contribution < -0.4 is 14.2 Å². The summed E-state index contributed by atoms with van der Waals surface area (Å²) in [6.07, 6.45) is 1.09. The number of carbonyl (C=O) groups is 1. The van der Waals surface area contributed by atoms with E-state index in [9.17, 15) is 17.6 Å². The van der Waals surface area contributed by atoms with Crippen LogP contribution in [0.1, 0.15) is 10.5 Å². The number of fused-ring (bicyclic) bond motifs is 6. The Kier molecular flexibility index (Phi) is 5.47. The number of aromatic nitrogens is 1. The number of ether oxygens (including phenoxy) is 3. The van der Waals surface area contributed by atoms with Crippen LogP contribution in [-0.2, 0) is 14.8 Å². The van der Waals surface area contributed by atoms with Crippen molar-refractivity contribution in [1.29, 1.82) is 0 Å². The molecule has 1 aliphatic heterocycles. The molecule has 0 spiro atoms. The van der Waals surface area contributed by atoms with Gasteiger partial charge in [0.2, 0.25) is 0 Å². The van der Waals surface area contributed by atoms with Gasteiger partial charge in [-0.2, -0.15) is 0 Å². The summed E-state index contributed by atoms with van der Waals surface area (Å²) >= 11 is 0. The van der Waals surface area contributed by atoms with Gasteiger partial charge in [-0.25, -0.2) is 22.6 Å². The van der Waals surface area contributed by atoms with Crippen LogP contribution in [0.3, 0.4) is 0 Å². The van der Waals surface area contributed by atoms with Crippen LogP contribution >= 0.6 is 0 Å². The Morgan fingerprint density at radius 1 is 1.10 bits per heavy atom. The van der Waals surface area contributed by atoms with Crippen molar-refractivity contribution in [2.45, 2.75) is 4.90 Å². The summed E-state index contributed by atoms with van der Waals surface area (Å²) in [5.74, 6) is -1.26. The summed E-state index contributed by atoms with van der Waals surface area (Å²) in [7, 11) is -3.08. The maximum Gasteiger partial charge on any atom is 0.357 e. The summed E-state index contributed by atoms with van der Waals surface area (Å²) in [5.41, 5.74) is 0.628. The molecule has 0 aliphatic carbocycles. The highest BCUT2D eigenvalue weighted by Crippen LogP contribution is 2.34. The Bertz CT molecular complexity index is 1260. The van der Waals surface area contributed by atoms with Gasteiger partial charge in [-0.05, 0) is 29.8 Å². The minimum atomic E-state index is -4.34. The van der Waals surface area contributed by atoms with Gasteiger partial charge in [0.15, 0.2) is 5.75 Å². The van der Waals surface area contributed by atoms with Gasteiger partial charge in [0.1, 0.15) is 35.4 Å². The second-order valence-corrected chi connectivity index (χ2v) is 8.15. The number of hydrogen-bond acceptors (Lipinski definition) is 7. The number of esters is 1. The lowest BCUT2D eigenvalue weighted by atomic mass is 10.0. The molecule has 1 aliphatic rings. The summed E-state index contributed by atoms with van der Waals surface area (Å²) in [4.78, 5) is 15.8. The Balaban J connectivity index is 1.89. The van der Waals surface area contributed by atoms with Crippen molar-refractivity contribution in [1.82, 2.24) is 4.98 Å². The highest BCUT2D eigenvalue weighted by Gasteiger charge is 2.25. The summed E-state index contributed by atoms with van der Waals surface area (Å²) in [6.45, 7) is -0.0355. The van der Waals surface area contributed by atoms with Crippen LogP contribution in [0.4, 0.5) is 10.1 Å². The third-order valence-corrected chi connectivity index (χ3v) is 5.92. The summed E-state index contributed by atoms with van der Waals surface area (Å²) < 4.78 is 58.7. The fraction of sp³-hybridized carbons (Fsp3) is 0.143. The topological polar surface area (TPSA) is 104 Å². The Labute approximate surface area is 177 Å². The van der Waals surface area contributed by atoms with Crippen molar-refractivity contribution in [2.24, 2.45) is 0 Å². The number of nitrogens with one attached hydrogen (secondary N) is 1. The average Bonchev–Trinajstić information content (AvgIpc) is 2.77. The molecule has 0 amide bonds. The SMILES string of the molecule is COc1cnc2cc1S(=O)(=O)Nc1cc(ccc1F)-c1ccccc1OCCOC2=O. The van der Waals surface area contributed by atoms with Gasteiger partial charge in [-0.15, -0.1) is 0 Å². The minimum absolute atomic E-state index is 0.0519. The zero-order valence-electron chi connectivity index (χ0n) is 16.3. The lowest BCUT2D eigenvalue weighted by Gasteiger charge is -2.14. The molecule has 2 heterocycles. The molecular weight excluding hydrogens is 427 g/mol. The van der Waals surface area contributed by atoms with Crippen LogP contribution in [0.5, 0.6) is 11.5 Å². The summed E-state index contributed by atoms with van der Waals surface area (Å²) in [6, 6.07) is 12.0. The van der Waals surface area contributed by atoms with Crippen LogP contribution in [0.2, 0.25) is 0 Å². The number of sulfonamides is 1. The van der Waals surface area contributed by atoms with Crippen LogP contribution in [0.15, 0.2) is 59.6 Å². The lowest BCUT2D eigenvalue weighted by Crippen LogP contribution is -2.18. The number of hydrogen-bond donors (Lipinski definition) is 1. The number of methoxy groups -OCH3 is 1. The molecule has 160 valence electrons. The molecule has 4 rings (SSSR count). The lowest BCUT2D eigenvalue weighted by molar-refractivity contribution is 0.0443. The standard InChI is InChI=1S/C21H17FN2O6S/c1-28-19-12-23-17-11-20(19)31(26,27)24-16-10-13(6-7-15(16)22)14-4-2-3-5-18(14)29-8-9-30-21(17)25/h2-7,10-12,24H,8-9H2,1H3. The van der Waals surface area contributed by atoms with Crippen molar-refractivity contribution in [3.05, 3.63) is 66.2 Å². The molecule has 1 aromatic heterocycles. The zero-order valence-corrected chi connectivity index (χ0v) is 17.1. The largest absolute Gasteiger partial charge is 0.494 e. The summed E-state index contributed by atoms with van der Waals surface area (Å²) in [5, 5.41) is 0. The number of cyclic esters (lactones) is 1. The number of para-hydroxylation sites is 1. The van der Waals surface area contributed by atoms with Gasteiger partial charge in [-0.1, -0.05) is 24.3 Å². The van der Waals surface area contributed by atoms with Crippen LogP contribution in [0.25, 0.3) is 11.1 Å². The van der Waals surface area contributed by atoms with Gasteiger partial charge < -0.3 is 14.2 Å². The number of nitrogens with zero attached hydrogens (tertiary/aromatic N) is 1. The monoisotopic (exact) mass is 444 g/mol. The van der Waals surface area contributed by atoms with E-state index in [0.717, 1.165) is 18.3 Å². The van der Waals surface area contributed by atoms with Crippen LogP contribution in [0, 0.1) is 5.82 Å². The molecule has 4 bridgehead atoms.